The van der Waals surface area contributed by atoms with Crippen LogP contribution in [0.1, 0.15) is 35.4 Å². The summed E-state index contributed by atoms with van der Waals surface area (Å²) < 4.78 is 40.2. The van der Waals surface area contributed by atoms with E-state index in [1.807, 2.05) is 4.90 Å². The molecule has 1 amide bonds. The number of imidazole rings is 1. The third-order valence-electron chi connectivity index (χ3n) is 7.18. The standard InChI is InChI=1S/C28H29F2N7O3/c1-39-20-8-6-17(7-9-20)27(38)32-19-14-18(15-19)31-23-16-24(35-28(34-23)36-10-12-40-13-11-36)37-22-5-3-2-4-21(22)33-26(37)25(29)30/h2-9,16,18-19,25H,10-15H2,1H3,(H,32,38)(H,31,34,35)/t18-,19-. The molecule has 6 rings (SSSR count). The molecule has 2 fully saturated rings. The van der Waals surface area contributed by atoms with Crippen LogP contribution in [0.3, 0.4) is 0 Å². The fourth-order valence-corrected chi connectivity index (χ4v) is 5.02. The van der Waals surface area contributed by atoms with Crippen molar-refractivity contribution in [1.29, 1.82) is 0 Å². The molecular formula is C28H29F2N7O3. The van der Waals surface area contributed by atoms with Crippen LogP contribution in [-0.4, -0.2) is 70.9 Å². The number of methoxy groups -OCH3 is 1. The van der Waals surface area contributed by atoms with E-state index in [9.17, 15) is 13.6 Å². The van der Waals surface area contributed by atoms with Gasteiger partial charge in [0.25, 0.3) is 12.3 Å². The molecule has 0 radical (unpaired) electrons. The summed E-state index contributed by atoms with van der Waals surface area (Å²) in [7, 11) is 1.58. The van der Waals surface area contributed by atoms with Gasteiger partial charge >= 0.3 is 0 Å². The number of aromatic nitrogens is 4. The van der Waals surface area contributed by atoms with E-state index in [1.54, 1.807) is 61.7 Å². The van der Waals surface area contributed by atoms with Crippen molar-refractivity contribution < 1.29 is 23.0 Å². The van der Waals surface area contributed by atoms with Crippen molar-refractivity contribution in [3.8, 4) is 11.6 Å². The lowest BCUT2D eigenvalue weighted by molar-refractivity contribution is 0.0912. The lowest BCUT2D eigenvalue weighted by Crippen LogP contribution is -2.49. The fraction of sp³-hybridized carbons (Fsp3) is 0.357. The summed E-state index contributed by atoms with van der Waals surface area (Å²) in [5.41, 5.74) is 1.57. The third-order valence-corrected chi connectivity index (χ3v) is 7.18. The van der Waals surface area contributed by atoms with E-state index in [0.29, 0.717) is 79.1 Å². The highest BCUT2D eigenvalue weighted by Crippen LogP contribution is 2.30. The van der Waals surface area contributed by atoms with Crippen molar-refractivity contribution in [1.82, 2.24) is 24.8 Å². The number of nitrogens with one attached hydrogen (secondary N) is 2. The molecule has 0 spiro atoms. The Hall–Kier alpha value is -4.32. The van der Waals surface area contributed by atoms with E-state index >= 15 is 0 Å². The number of nitrogens with zero attached hydrogens (tertiary/aromatic N) is 5. The number of rotatable bonds is 8. The highest BCUT2D eigenvalue weighted by atomic mass is 19.3. The molecule has 40 heavy (non-hydrogen) atoms. The molecule has 4 aromatic rings. The number of hydrogen-bond acceptors (Lipinski definition) is 8. The molecule has 2 aliphatic rings. The van der Waals surface area contributed by atoms with Gasteiger partial charge in [-0.2, -0.15) is 9.97 Å². The van der Waals surface area contributed by atoms with Crippen LogP contribution in [0.25, 0.3) is 16.9 Å². The van der Waals surface area contributed by atoms with Gasteiger partial charge in [-0.25, -0.2) is 13.8 Å². The quantitative estimate of drug-likeness (QED) is 0.340. The maximum absolute atomic E-state index is 14.1. The lowest BCUT2D eigenvalue weighted by Gasteiger charge is -2.37. The highest BCUT2D eigenvalue weighted by molar-refractivity contribution is 5.94. The maximum atomic E-state index is 14.1. The number of carbonyl (C=O) groups excluding carboxylic acids is 1. The topological polar surface area (TPSA) is 106 Å². The van der Waals surface area contributed by atoms with Crippen LogP contribution in [0.4, 0.5) is 20.5 Å². The van der Waals surface area contributed by atoms with E-state index in [0.717, 1.165) is 0 Å². The molecule has 0 bridgehead atoms. The van der Waals surface area contributed by atoms with Crippen molar-refractivity contribution in [3.63, 3.8) is 0 Å². The Labute approximate surface area is 229 Å². The minimum absolute atomic E-state index is 0.00940. The predicted molar refractivity (Wildman–Crippen MR) is 146 cm³/mol. The maximum Gasteiger partial charge on any atom is 0.296 e. The minimum atomic E-state index is -2.78. The molecule has 10 nitrogen and oxygen atoms in total. The smallest absolute Gasteiger partial charge is 0.296 e. The second-order valence-corrected chi connectivity index (χ2v) is 9.82. The van der Waals surface area contributed by atoms with Gasteiger partial charge in [-0.05, 0) is 49.2 Å². The monoisotopic (exact) mass is 549 g/mol. The Morgan fingerprint density at radius 1 is 1.02 bits per heavy atom. The molecule has 12 heteroatoms. The van der Waals surface area contributed by atoms with Crippen molar-refractivity contribution in [2.24, 2.45) is 0 Å². The minimum Gasteiger partial charge on any atom is -0.497 e. The zero-order valence-corrected chi connectivity index (χ0v) is 21.9. The predicted octanol–water partition coefficient (Wildman–Crippen LogP) is 3.97. The SMILES string of the molecule is COc1ccc(C(=O)N[C@H]2C[C@H](Nc3cc(-n4c(C(F)F)nc5ccccc54)nc(N4CCOCC4)n3)C2)cc1. The van der Waals surface area contributed by atoms with Crippen molar-refractivity contribution in [3.05, 3.63) is 66.0 Å². The molecule has 2 N–H and O–H groups in total. The highest BCUT2D eigenvalue weighted by Gasteiger charge is 2.31. The molecule has 1 aliphatic carbocycles. The number of anilines is 2. The third kappa shape index (κ3) is 5.26. The molecular weight excluding hydrogens is 520 g/mol. The van der Waals surface area contributed by atoms with Gasteiger partial charge in [-0.3, -0.25) is 9.36 Å². The van der Waals surface area contributed by atoms with E-state index in [1.165, 1.54) is 4.57 Å². The second kappa shape index (κ2) is 11.0. The summed E-state index contributed by atoms with van der Waals surface area (Å²) in [6, 6.07) is 15.7. The van der Waals surface area contributed by atoms with Crippen molar-refractivity contribution in [2.75, 3.05) is 43.6 Å². The largest absolute Gasteiger partial charge is 0.497 e. The first kappa shape index (κ1) is 25.9. The summed E-state index contributed by atoms with van der Waals surface area (Å²) >= 11 is 0. The summed E-state index contributed by atoms with van der Waals surface area (Å²) in [6.45, 7) is 2.26. The van der Waals surface area contributed by atoms with Gasteiger partial charge < -0.3 is 25.0 Å². The number of amides is 1. The molecule has 2 aromatic carbocycles. The number of hydrogen-bond donors (Lipinski definition) is 2. The van der Waals surface area contributed by atoms with Gasteiger partial charge in [0.05, 0.1) is 31.4 Å². The summed E-state index contributed by atoms with van der Waals surface area (Å²) in [5.74, 6) is 1.45. The molecule has 0 atom stereocenters. The zero-order chi connectivity index (χ0) is 27.6. The Morgan fingerprint density at radius 2 is 1.77 bits per heavy atom. The average molecular weight is 550 g/mol. The number of morpholine rings is 1. The van der Waals surface area contributed by atoms with Gasteiger partial charge in [0.2, 0.25) is 5.95 Å². The molecule has 3 heterocycles. The number of carbonyl (C=O) groups is 1. The van der Waals surface area contributed by atoms with Crippen LogP contribution in [0, 0.1) is 0 Å². The van der Waals surface area contributed by atoms with Gasteiger partial charge in [0, 0.05) is 36.8 Å². The first-order valence-corrected chi connectivity index (χ1v) is 13.2. The van der Waals surface area contributed by atoms with Crippen LogP contribution >= 0.6 is 0 Å². The van der Waals surface area contributed by atoms with E-state index < -0.39 is 6.43 Å². The number of benzene rings is 2. The van der Waals surface area contributed by atoms with E-state index in [4.69, 9.17) is 14.5 Å². The van der Waals surface area contributed by atoms with Crippen LogP contribution in [0.2, 0.25) is 0 Å². The average Bonchev–Trinajstić information content (AvgIpc) is 3.36. The van der Waals surface area contributed by atoms with Crippen molar-refractivity contribution in [2.45, 2.75) is 31.4 Å². The Balaban J connectivity index is 1.22. The molecule has 1 aliphatic heterocycles. The van der Waals surface area contributed by atoms with Crippen LogP contribution < -0.4 is 20.3 Å². The van der Waals surface area contributed by atoms with Gasteiger partial charge in [-0.15, -0.1) is 0 Å². The van der Waals surface area contributed by atoms with Crippen LogP contribution in [-0.2, 0) is 4.74 Å². The van der Waals surface area contributed by atoms with Gasteiger partial charge in [0.15, 0.2) is 5.82 Å². The molecule has 2 aromatic heterocycles. The molecule has 0 unspecified atom stereocenters. The number of para-hydroxylation sites is 2. The normalized spacial score (nSPS) is 18.9. The Morgan fingerprint density at radius 3 is 2.50 bits per heavy atom. The first-order chi connectivity index (χ1) is 19.5. The van der Waals surface area contributed by atoms with Crippen LogP contribution in [0.5, 0.6) is 5.75 Å². The fourth-order valence-electron chi connectivity index (χ4n) is 5.02. The van der Waals surface area contributed by atoms with Crippen LogP contribution in [0.15, 0.2) is 54.6 Å². The van der Waals surface area contributed by atoms with Gasteiger partial charge in [-0.1, -0.05) is 12.1 Å². The van der Waals surface area contributed by atoms with E-state index in [2.05, 4.69) is 20.6 Å². The lowest BCUT2D eigenvalue weighted by atomic mass is 9.86. The van der Waals surface area contributed by atoms with E-state index in [-0.39, 0.29) is 23.8 Å². The summed E-state index contributed by atoms with van der Waals surface area (Å²) in [6.07, 6.45) is -1.39. The summed E-state index contributed by atoms with van der Waals surface area (Å²) in [5, 5.41) is 6.47. The first-order valence-electron chi connectivity index (χ1n) is 13.2. The number of alkyl halides is 2. The molecule has 1 saturated heterocycles. The Kier molecular flexibility index (Phi) is 7.16. The Bertz CT molecular complexity index is 1500. The van der Waals surface area contributed by atoms with Crippen molar-refractivity contribution >= 4 is 28.7 Å². The molecule has 208 valence electrons. The number of fused-ring (bicyclic) bond motifs is 1. The second-order valence-electron chi connectivity index (χ2n) is 9.82. The number of ether oxygens (including phenoxy) is 2. The summed E-state index contributed by atoms with van der Waals surface area (Å²) in [4.78, 5) is 28.2. The molecule has 1 saturated carbocycles. The zero-order valence-electron chi connectivity index (χ0n) is 21.9. The van der Waals surface area contributed by atoms with Gasteiger partial charge in [0.1, 0.15) is 17.4 Å². The number of halogens is 2.